The van der Waals surface area contributed by atoms with Crippen molar-refractivity contribution in [1.29, 1.82) is 0 Å². The monoisotopic (exact) mass is 387 g/mol. The Kier molecular flexibility index (Phi) is 7.22. The van der Waals surface area contributed by atoms with Crippen molar-refractivity contribution in [2.24, 2.45) is 5.92 Å². The van der Waals surface area contributed by atoms with Crippen LogP contribution < -0.4 is 10.6 Å². The number of carbonyl (C=O) groups is 2. The Morgan fingerprint density at radius 3 is 2.64 bits per heavy atom. The van der Waals surface area contributed by atoms with E-state index in [1.807, 2.05) is 6.92 Å². The number of rotatable bonds is 7. The number of hydrogen-bond acceptors (Lipinski definition) is 5. The number of hydrogen-bond donors (Lipinski definition) is 2. The van der Waals surface area contributed by atoms with E-state index in [0.717, 1.165) is 17.1 Å². The molecule has 1 saturated heterocycles. The van der Waals surface area contributed by atoms with E-state index >= 15 is 0 Å². The zero-order chi connectivity index (χ0) is 18.4. The predicted molar refractivity (Wildman–Crippen MR) is 99.4 cm³/mol. The molecule has 0 radical (unpaired) electrons. The molecule has 0 atom stereocenters. The first kappa shape index (κ1) is 20.1. The Morgan fingerprint density at radius 2 is 2.04 bits per heavy atom. The minimum absolute atomic E-state index is 0.0941. The van der Waals surface area contributed by atoms with Crippen LogP contribution in [0.1, 0.15) is 47.1 Å². The normalized spacial score (nSPS) is 16.7. The molecule has 0 aliphatic carbocycles. The van der Waals surface area contributed by atoms with Crippen LogP contribution in [0.2, 0.25) is 0 Å². The van der Waals surface area contributed by atoms with Gasteiger partial charge in [-0.2, -0.15) is 0 Å². The lowest BCUT2D eigenvalue weighted by atomic mass is 9.89. The van der Waals surface area contributed by atoms with Crippen LogP contribution in [-0.4, -0.2) is 48.0 Å². The van der Waals surface area contributed by atoms with Gasteiger partial charge in [-0.1, -0.05) is 13.8 Å². The molecule has 8 heteroatoms. The molecule has 25 heavy (non-hydrogen) atoms. The van der Waals surface area contributed by atoms with Crippen molar-refractivity contribution in [3.05, 3.63) is 15.6 Å². The minimum atomic E-state index is -0.502. The third-order valence-corrected chi connectivity index (χ3v) is 5.43. The van der Waals surface area contributed by atoms with Crippen LogP contribution in [-0.2, 0) is 16.0 Å². The number of aromatic nitrogens is 1. The molecular formula is C17H26ClN3O3S. The largest absolute Gasteiger partial charge is 0.381 e. The fourth-order valence-corrected chi connectivity index (χ4v) is 3.87. The predicted octanol–water partition coefficient (Wildman–Crippen LogP) is 2.28. The zero-order valence-corrected chi connectivity index (χ0v) is 16.6. The van der Waals surface area contributed by atoms with Crippen LogP contribution in [0, 0.1) is 12.8 Å². The highest BCUT2D eigenvalue weighted by atomic mass is 35.5. The molecule has 140 valence electrons. The quantitative estimate of drug-likeness (QED) is 0.703. The number of thiazole rings is 1. The topological polar surface area (TPSA) is 80.3 Å². The van der Waals surface area contributed by atoms with Gasteiger partial charge in [0.15, 0.2) is 0 Å². The summed E-state index contributed by atoms with van der Waals surface area (Å²) in [5, 5.41) is 6.83. The Hall–Kier alpha value is -1.18. The Balaban J connectivity index is 2.07. The summed E-state index contributed by atoms with van der Waals surface area (Å²) in [6.45, 7) is 7.58. The molecule has 1 aromatic rings. The molecule has 0 unspecified atom stereocenters. The SMILES string of the molecule is Cc1nc(CC(C)C)c(C(=O)NCC2(NC(=O)CCl)CCOCC2)s1. The molecule has 0 saturated carbocycles. The molecule has 2 rings (SSSR count). The van der Waals surface area contributed by atoms with Gasteiger partial charge in [0.25, 0.3) is 5.91 Å². The molecule has 2 N–H and O–H groups in total. The summed E-state index contributed by atoms with van der Waals surface area (Å²) in [4.78, 5) is 29.6. The molecular weight excluding hydrogens is 362 g/mol. The lowest BCUT2D eigenvalue weighted by Crippen LogP contribution is -2.58. The summed E-state index contributed by atoms with van der Waals surface area (Å²) >= 11 is 7.04. The maximum absolute atomic E-state index is 12.7. The van der Waals surface area contributed by atoms with Crippen molar-refractivity contribution in [3.8, 4) is 0 Å². The van der Waals surface area contributed by atoms with E-state index in [0.29, 0.717) is 43.4 Å². The van der Waals surface area contributed by atoms with E-state index in [4.69, 9.17) is 16.3 Å². The summed E-state index contributed by atoms with van der Waals surface area (Å²) < 4.78 is 5.39. The summed E-state index contributed by atoms with van der Waals surface area (Å²) in [5.74, 6) is -0.0274. The maximum atomic E-state index is 12.7. The highest BCUT2D eigenvalue weighted by Crippen LogP contribution is 2.23. The first-order valence-electron chi connectivity index (χ1n) is 8.54. The molecule has 1 aliphatic heterocycles. The van der Waals surface area contributed by atoms with Gasteiger partial charge < -0.3 is 15.4 Å². The van der Waals surface area contributed by atoms with Crippen molar-refractivity contribution in [1.82, 2.24) is 15.6 Å². The number of ether oxygens (including phenoxy) is 1. The van der Waals surface area contributed by atoms with Gasteiger partial charge in [0.05, 0.1) is 16.2 Å². The van der Waals surface area contributed by atoms with Crippen LogP contribution in [0.3, 0.4) is 0 Å². The third kappa shape index (κ3) is 5.66. The number of nitrogens with one attached hydrogen (secondary N) is 2. The molecule has 1 fully saturated rings. The summed E-state index contributed by atoms with van der Waals surface area (Å²) in [6.07, 6.45) is 2.07. The minimum Gasteiger partial charge on any atom is -0.381 e. The van der Waals surface area contributed by atoms with Gasteiger partial charge in [-0.25, -0.2) is 4.98 Å². The van der Waals surface area contributed by atoms with E-state index < -0.39 is 5.54 Å². The number of halogens is 1. The molecule has 0 spiro atoms. The average Bonchev–Trinajstić information content (AvgIpc) is 2.93. The van der Waals surface area contributed by atoms with Crippen LogP contribution >= 0.6 is 22.9 Å². The summed E-state index contributed by atoms with van der Waals surface area (Å²) in [7, 11) is 0. The molecule has 6 nitrogen and oxygen atoms in total. The van der Waals surface area contributed by atoms with Crippen molar-refractivity contribution in [2.45, 2.75) is 45.6 Å². The van der Waals surface area contributed by atoms with E-state index in [2.05, 4.69) is 29.5 Å². The number of aryl methyl sites for hydroxylation is 1. The number of alkyl halides is 1. The lowest BCUT2D eigenvalue weighted by Gasteiger charge is -2.38. The van der Waals surface area contributed by atoms with Gasteiger partial charge in [0.2, 0.25) is 5.91 Å². The molecule has 1 aromatic heterocycles. The van der Waals surface area contributed by atoms with E-state index in [-0.39, 0.29) is 17.7 Å². The van der Waals surface area contributed by atoms with Crippen LogP contribution in [0.4, 0.5) is 0 Å². The fourth-order valence-electron chi connectivity index (χ4n) is 2.94. The molecule has 0 aromatic carbocycles. The smallest absolute Gasteiger partial charge is 0.263 e. The lowest BCUT2D eigenvalue weighted by molar-refractivity contribution is -0.121. The second-order valence-corrected chi connectivity index (χ2v) is 8.33. The summed E-state index contributed by atoms with van der Waals surface area (Å²) in [5.41, 5.74) is 0.346. The van der Waals surface area contributed by atoms with Crippen molar-refractivity contribution in [3.63, 3.8) is 0 Å². The Labute approximate surface area is 157 Å². The number of nitrogens with zero attached hydrogens (tertiary/aromatic N) is 1. The molecule has 2 amide bonds. The highest BCUT2D eigenvalue weighted by molar-refractivity contribution is 7.13. The highest BCUT2D eigenvalue weighted by Gasteiger charge is 2.34. The Morgan fingerprint density at radius 1 is 1.36 bits per heavy atom. The first-order chi connectivity index (χ1) is 11.8. The first-order valence-corrected chi connectivity index (χ1v) is 9.89. The van der Waals surface area contributed by atoms with E-state index in [1.54, 1.807) is 0 Å². The zero-order valence-electron chi connectivity index (χ0n) is 15.0. The van der Waals surface area contributed by atoms with Crippen molar-refractivity contribution in [2.75, 3.05) is 25.6 Å². The maximum Gasteiger partial charge on any atom is 0.263 e. The average molecular weight is 388 g/mol. The van der Waals surface area contributed by atoms with Crippen LogP contribution in [0.5, 0.6) is 0 Å². The van der Waals surface area contributed by atoms with Gasteiger partial charge in [-0.3, -0.25) is 9.59 Å². The van der Waals surface area contributed by atoms with Gasteiger partial charge >= 0.3 is 0 Å². The second-order valence-electron chi connectivity index (χ2n) is 6.86. The Bertz CT molecular complexity index is 612. The van der Waals surface area contributed by atoms with Crippen molar-refractivity contribution >= 4 is 34.8 Å². The van der Waals surface area contributed by atoms with Gasteiger partial charge in [-0.15, -0.1) is 22.9 Å². The van der Waals surface area contributed by atoms with Crippen LogP contribution in [0.15, 0.2) is 0 Å². The molecule has 2 heterocycles. The number of amides is 2. The van der Waals surface area contributed by atoms with Gasteiger partial charge in [-0.05, 0) is 32.1 Å². The van der Waals surface area contributed by atoms with Crippen molar-refractivity contribution < 1.29 is 14.3 Å². The van der Waals surface area contributed by atoms with Gasteiger partial charge in [0, 0.05) is 19.8 Å². The standard InChI is InChI=1S/C17H26ClN3O3S/c1-11(2)8-13-15(25-12(3)20-13)16(23)19-10-17(21-14(22)9-18)4-6-24-7-5-17/h11H,4-10H2,1-3H3,(H,19,23)(H,21,22). The summed E-state index contributed by atoms with van der Waals surface area (Å²) in [6, 6.07) is 0. The van der Waals surface area contributed by atoms with Crippen LogP contribution in [0.25, 0.3) is 0 Å². The van der Waals surface area contributed by atoms with Gasteiger partial charge in [0.1, 0.15) is 10.8 Å². The third-order valence-electron chi connectivity index (χ3n) is 4.18. The number of carbonyl (C=O) groups excluding carboxylic acids is 2. The van der Waals surface area contributed by atoms with E-state index in [1.165, 1.54) is 11.3 Å². The second kappa shape index (κ2) is 8.96. The molecule has 0 bridgehead atoms. The van der Waals surface area contributed by atoms with E-state index in [9.17, 15) is 9.59 Å². The fraction of sp³-hybridized carbons (Fsp3) is 0.706. The molecule has 1 aliphatic rings.